The van der Waals surface area contributed by atoms with Gasteiger partial charge in [-0.05, 0) is 35.9 Å². The third-order valence-corrected chi connectivity index (χ3v) is 4.17. The van der Waals surface area contributed by atoms with Crippen LogP contribution in [-0.2, 0) is 13.6 Å². The summed E-state index contributed by atoms with van der Waals surface area (Å²) >= 11 is 0. The molecular weight excluding hydrogens is 314 g/mol. The fourth-order valence-corrected chi connectivity index (χ4v) is 2.95. The van der Waals surface area contributed by atoms with Crippen LogP contribution in [0.5, 0.6) is 0 Å². The van der Waals surface area contributed by atoms with Crippen molar-refractivity contribution >= 4 is 22.5 Å². The van der Waals surface area contributed by atoms with Crippen LogP contribution in [0.25, 0.3) is 10.9 Å². The van der Waals surface area contributed by atoms with Crippen LogP contribution < -0.4 is 5.32 Å². The molecule has 25 heavy (non-hydrogen) atoms. The number of carbonyl (C=O) groups excluding carboxylic acids is 1. The standard InChI is InChI=1S/C19H17N5O/c1-23-9-8-16-17(6-3-7-18(16)23)19(25)22-15-5-2-4-14(10-15)11-24-13-20-12-21-24/h2-10,12-13H,11H2,1H3,(H,22,25). The number of hydrogen-bond donors (Lipinski definition) is 1. The van der Waals surface area contributed by atoms with Crippen molar-refractivity contribution in [2.75, 3.05) is 5.32 Å². The molecule has 0 aliphatic heterocycles. The van der Waals surface area contributed by atoms with Gasteiger partial charge in [-0.1, -0.05) is 18.2 Å². The second-order valence-electron chi connectivity index (χ2n) is 5.91. The lowest BCUT2D eigenvalue weighted by molar-refractivity contribution is 0.102. The average Bonchev–Trinajstić information content (AvgIpc) is 3.25. The number of fused-ring (bicyclic) bond motifs is 1. The van der Waals surface area contributed by atoms with E-state index in [9.17, 15) is 4.79 Å². The minimum atomic E-state index is -0.116. The summed E-state index contributed by atoms with van der Waals surface area (Å²) in [4.78, 5) is 16.7. The van der Waals surface area contributed by atoms with Crippen LogP contribution in [0.15, 0.2) is 67.4 Å². The van der Waals surface area contributed by atoms with E-state index in [2.05, 4.69) is 15.4 Å². The van der Waals surface area contributed by atoms with Gasteiger partial charge >= 0.3 is 0 Å². The monoisotopic (exact) mass is 331 g/mol. The largest absolute Gasteiger partial charge is 0.351 e. The Bertz CT molecular complexity index is 1030. The molecule has 0 saturated heterocycles. The first-order valence-electron chi connectivity index (χ1n) is 7.97. The lowest BCUT2D eigenvalue weighted by Crippen LogP contribution is -2.12. The van der Waals surface area contributed by atoms with Gasteiger partial charge in [-0.2, -0.15) is 5.10 Å². The zero-order valence-corrected chi connectivity index (χ0v) is 13.8. The van der Waals surface area contributed by atoms with E-state index in [-0.39, 0.29) is 5.91 Å². The molecule has 0 unspecified atom stereocenters. The Morgan fingerprint density at radius 1 is 1.16 bits per heavy atom. The van der Waals surface area contributed by atoms with Gasteiger partial charge in [0.25, 0.3) is 5.91 Å². The summed E-state index contributed by atoms with van der Waals surface area (Å²) in [5, 5.41) is 8.03. The van der Waals surface area contributed by atoms with E-state index >= 15 is 0 Å². The Hall–Kier alpha value is -3.41. The summed E-state index contributed by atoms with van der Waals surface area (Å²) in [6.45, 7) is 0.609. The number of anilines is 1. The fraction of sp³-hybridized carbons (Fsp3) is 0.105. The van der Waals surface area contributed by atoms with Gasteiger partial charge < -0.3 is 9.88 Å². The van der Waals surface area contributed by atoms with Crippen molar-refractivity contribution in [1.29, 1.82) is 0 Å². The molecule has 0 aliphatic rings. The molecule has 1 amide bonds. The van der Waals surface area contributed by atoms with Crippen LogP contribution in [0.2, 0.25) is 0 Å². The molecule has 0 spiro atoms. The maximum atomic E-state index is 12.7. The number of rotatable bonds is 4. The molecule has 124 valence electrons. The Morgan fingerprint density at radius 2 is 2.04 bits per heavy atom. The number of aromatic nitrogens is 4. The van der Waals surface area contributed by atoms with Crippen molar-refractivity contribution in [3.63, 3.8) is 0 Å². The third kappa shape index (κ3) is 3.01. The van der Waals surface area contributed by atoms with Gasteiger partial charge in [0.1, 0.15) is 12.7 Å². The van der Waals surface area contributed by atoms with Gasteiger partial charge in [0.2, 0.25) is 0 Å². The molecule has 4 rings (SSSR count). The van der Waals surface area contributed by atoms with Crippen LogP contribution in [0, 0.1) is 0 Å². The number of benzene rings is 2. The summed E-state index contributed by atoms with van der Waals surface area (Å²) in [5.41, 5.74) is 3.50. The molecule has 2 aromatic carbocycles. The maximum absolute atomic E-state index is 12.7. The molecule has 0 atom stereocenters. The predicted molar refractivity (Wildman–Crippen MR) is 96.4 cm³/mol. The highest BCUT2D eigenvalue weighted by Gasteiger charge is 2.12. The van der Waals surface area contributed by atoms with Gasteiger partial charge in [0.15, 0.2) is 0 Å². The minimum absolute atomic E-state index is 0.116. The van der Waals surface area contributed by atoms with E-state index in [1.807, 2.05) is 66.3 Å². The lowest BCUT2D eigenvalue weighted by Gasteiger charge is -2.09. The van der Waals surface area contributed by atoms with Crippen molar-refractivity contribution in [1.82, 2.24) is 19.3 Å². The Morgan fingerprint density at radius 3 is 2.88 bits per heavy atom. The summed E-state index contributed by atoms with van der Waals surface area (Å²) in [6.07, 6.45) is 5.13. The van der Waals surface area contributed by atoms with Crippen LogP contribution in [-0.4, -0.2) is 25.2 Å². The minimum Gasteiger partial charge on any atom is -0.351 e. The molecule has 2 aromatic heterocycles. The van der Waals surface area contributed by atoms with Crippen molar-refractivity contribution in [2.24, 2.45) is 7.05 Å². The summed E-state index contributed by atoms with van der Waals surface area (Å²) in [5.74, 6) is -0.116. The van der Waals surface area contributed by atoms with E-state index in [0.29, 0.717) is 12.1 Å². The third-order valence-electron chi connectivity index (χ3n) is 4.17. The number of aryl methyl sites for hydroxylation is 1. The fourth-order valence-electron chi connectivity index (χ4n) is 2.95. The topological polar surface area (TPSA) is 64.7 Å². The first kappa shape index (κ1) is 15.1. The zero-order chi connectivity index (χ0) is 17.2. The van der Waals surface area contributed by atoms with Crippen LogP contribution >= 0.6 is 0 Å². The number of carbonyl (C=O) groups is 1. The normalized spacial score (nSPS) is 10.9. The smallest absolute Gasteiger partial charge is 0.256 e. The molecule has 0 saturated carbocycles. The summed E-state index contributed by atoms with van der Waals surface area (Å²) in [6, 6.07) is 15.5. The second-order valence-corrected chi connectivity index (χ2v) is 5.91. The van der Waals surface area contributed by atoms with E-state index in [4.69, 9.17) is 0 Å². The number of nitrogens with zero attached hydrogens (tertiary/aromatic N) is 4. The van der Waals surface area contributed by atoms with Gasteiger partial charge in [-0.15, -0.1) is 0 Å². The first-order chi connectivity index (χ1) is 12.2. The molecule has 0 fully saturated rings. The molecule has 6 heteroatoms. The quantitative estimate of drug-likeness (QED) is 0.625. The molecule has 0 bridgehead atoms. The van der Waals surface area contributed by atoms with Gasteiger partial charge in [-0.3, -0.25) is 4.79 Å². The highest BCUT2D eigenvalue weighted by Crippen LogP contribution is 2.21. The second kappa shape index (κ2) is 6.24. The van der Waals surface area contributed by atoms with Crippen molar-refractivity contribution in [3.05, 3.63) is 78.5 Å². The van der Waals surface area contributed by atoms with Crippen molar-refractivity contribution < 1.29 is 4.79 Å². The molecule has 1 N–H and O–H groups in total. The molecule has 0 aliphatic carbocycles. The highest BCUT2D eigenvalue weighted by molar-refractivity contribution is 6.12. The molecule has 0 radical (unpaired) electrons. The molecule has 2 heterocycles. The molecule has 6 nitrogen and oxygen atoms in total. The summed E-state index contributed by atoms with van der Waals surface area (Å²) < 4.78 is 3.75. The maximum Gasteiger partial charge on any atom is 0.256 e. The average molecular weight is 331 g/mol. The molecular formula is C19H17N5O. The zero-order valence-electron chi connectivity index (χ0n) is 13.8. The number of amides is 1. The lowest BCUT2D eigenvalue weighted by atomic mass is 10.1. The van der Waals surface area contributed by atoms with E-state index in [0.717, 1.165) is 22.2 Å². The van der Waals surface area contributed by atoms with Gasteiger partial charge in [0, 0.05) is 35.4 Å². The van der Waals surface area contributed by atoms with E-state index in [1.54, 1.807) is 11.0 Å². The van der Waals surface area contributed by atoms with Crippen LogP contribution in [0.3, 0.4) is 0 Å². The molecule has 4 aromatic rings. The van der Waals surface area contributed by atoms with Crippen molar-refractivity contribution in [2.45, 2.75) is 6.54 Å². The SMILES string of the molecule is Cn1ccc2c(C(=O)Nc3cccc(Cn4cncn4)c3)cccc21. The Balaban J connectivity index is 1.58. The summed E-state index contributed by atoms with van der Waals surface area (Å²) in [7, 11) is 1.97. The van der Waals surface area contributed by atoms with E-state index in [1.165, 1.54) is 6.33 Å². The van der Waals surface area contributed by atoms with Gasteiger partial charge in [-0.25, -0.2) is 9.67 Å². The Labute approximate surface area is 144 Å². The van der Waals surface area contributed by atoms with Crippen LogP contribution in [0.1, 0.15) is 15.9 Å². The predicted octanol–water partition coefficient (Wildman–Crippen LogP) is 3.07. The first-order valence-corrected chi connectivity index (χ1v) is 7.97. The van der Waals surface area contributed by atoms with E-state index < -0.39 is 0 Å². The van der Waals surface area contributed by atoms with Crippen LogP contribution in [0.4, 0.5) is 5.69 Å². The van der Waals surface area contributed by atoms with Crippen molar-refractivity contribution in [3.8, 4) is 0 Å². The Kier molecular flexibility index (Phi) is 3.78. The number of nitrogens with one attached hydrogen (secondary N) is 1. The van der Waals surface area contributed by atoms with Gasteiger partial charge in [0.05, 0.1) is 6.54 Å². The number of hydrogen-bond acceptors (Lipinski definition) is 3. The highest BCUT2D eigenvalue weighted by atomic mass is 16.1.